The maximum atomic E-state index is 6.81. The summed E-state index contributed by atoms with van der Waals surface area (Å²) in [6, 6.07) is 9.11. The number of hydrogen-bond acceptors (Lipinski definition) is 0. The van der Waals surface area contributed by atoms with Gasteiger partial charge in [-0.3, -0.25) is 0 Å². The first kappa shape index (κ1) is 16.9. The van der Waals surface area contributed by atoms with Gasteiger partial charge in [0.1, 0.15) is 0 Å². The second-order valence-corrected chi connectivity index (χ2v) is 7.84. The Kier molecular flexibility index (Phi) is 6.17. The molecule has 1 aromatic carbocycles. The Balaban J connectivity index is 2.06. The molecule has 1 heteroatoms. The van der Waals surface area contributed by atoms with E-state index in [-0.39, 0.29) is 10.8 Å². The van der Waals surface area contributed by atoms with Gasteiger partial charge in [0, 0.05) is 0 Å². The van der Waals surface area contributed by atoms with Gasteiger partial charge in [-0.25, -0.2) is 0 Å². The van der Waals surface area contributed by atoms with Crippen LogP contribution < -0.4 is 0 Å². The molecule has 0 nitrogen and oxygen atoms in total. The summed E-state index contributed by atoms with van der Waals surface area (Å²) in [6.45, 7) is 6.89. The molecule has 1 aromatic rings. The second-order valence-electron chi connectivity index (χ2n) is 7.37. The quantitative estimate of drug-likeness (QED) is 0.524. The summed E-state index contributed by atoms with van der Waals surface area (Å²) < 4.78 is 0. The van der Waals surface area contributed by atoms with Crippen LogP contribution in [0.1, 0.15) is 88.6 Å². The Hall–Kier alpha value is -0.490. The largest absolute Gasteiger partial charge is 0.118 e. The van der Waals surface area contributed by atoms with Gasteiger partial charge in [0.15, 0.2) is 0 Å². The van der Waals surface area contributed by atoms with Crippen molar-refractivity contribution in [3.63, 3.8) is 0 Å². The van der Waals surface area contributed by atoms with Gasteiger partial charge < -0.3 is 0 Å². The van der Waals surface area contributed by atoms with Crippen LogP contribution in [0.5, 0.6) is 0 Å². The monoisotopic (exact) mass is 306 g/mol. The molecule has 0 saturated heterocycles. The van der Waals surface area contributed by atoms with E-state index in [1.165, 1.54) is 62.5 Å². The third-order valence-electron chi connectivity index (χ3n) is 5.46. The average Bonchev–Trinajstić information content (AvgIpc) is 2.46. The molecule has 1 fully saturated rings. The predicted octanol–water partition coefficient (Wildman–Crippen LogP) is 7.01. The van der Waals surface area contributed by atoms with E-state index in [1.807, 2.05) is 0 Å². The van der Waals surface area contributed by atoms with Crippen LogP contribution in [0.2, 0.25) is 0 Å². The minimum atomic E-state index is 0.196. The molecule has 0 spiro atoms. The molecule has 0 N–H and O–H groups in total. The van der Waals surface area contributed by atoms with Crippen molar-refractivity contribution in [2.24, 2.45) is 5.92 Å². The molecule has 1 unspecified atom stereocenters. The van der Waals surface area contributed by atoms with Crippen LogP contribution in [0.4, 0.5) is 0 Å². The Morgan fingerprint density at radius 2 is 1.52 bits per heavy atom. The lowest BCUT2D eigenvalue weighted by atomic mass is 9.81. The molecule has 1 aliphatic rings. The summed E-state index contributed by atoms with van der Waals surface area (Å²) in [7, 11) is 0. The molecule has 0 radical (unpaired) electrons. The van der Waals surface area contributed by atoms with Crippen LogP contribution in [-0.4, -0.2) is 0 Å². The van der Waals surface area contributed by atoms with Gasteiger partial charge in [-0.05, 0) is 41.7 Å². The molecule has 0 aromatic heterocycles. The van der Waals surface area contributed by atoms with E-state index < -0.39 is 0 Å². The number of alkyl halides is 1. The maximum Gasteiger partial charge on any atom is 0.0613 e. The standard InChI is InChI=1S/C20H31Cl/c1-4-20(2,3)18-14-12-17(13-15-18)19(21)16-10-8-6-5-7-9-11-16/h12-16,19H,4-11H2,1-3H3. The first-order valence-corrected chi connectivity index (χ1v) is 9.23. The van der Waals surface area contributed by atoms with Crippen molar-refractivity contribution >= 4 is 11.6 Å². The molecule has 1 aliphatic carbocycles. The zero-order valence-corrected chi connectivity index (χ0v) is 14.8. The number of halogens is 1. The summed E-state index contributed by atoms with van der Waals surface area (Å²) in [5.41, 5.74) is 3.01. The van der Waals surface area contributed by atoms with E-state index in [0.717, 1.165) is 0 Å². The van der Waals surface area contributed by atoms with Gasteiger partial charge in [-0.15, -0.1) is 11.6 Å². The van der Waals surface area contributed by atoms with Crippen LogP contribution in [0.3, 0.4) is 0 Å². The maximum absolute atomic E-state index is 6.81. The van der Waals surface area contributed by atoms with Gasteiger partial charge in [0.2, 0.25) is 0 Å². The van der Waals surface area contributed by atoms with Crippen molar-refractivity contribution in [1.29, 1.82) is 0 Å². The molecule has 1 atom stereocenters. The highest BCUT2D eigenvalue weighted by Crippen LogP contribution is 2.38. The SMILES string of the molecule is CCC(C)(C)c1ccc(C(Cl)C2CCCCCCC2)cc1. The first-order valence-electron chi connectivity index (χ1n) is 8.79. The molecule has 2 rings (SSSR count). The smallest absolute Gasteiger partial charge is 0.0613 e. The molecule has 0 heterocycles. The fourth-order valence-electron chi connectivity index (χ4n) is 3.37. The highest BCUT2D eigenvalue weighted by atomic mass is 35.5. The van der Waals surface area contributed by atoms with E-state index in [4.69, 9.17) is 11.6 Å². The lowest BCUT2D eigenvalue weighted by Gasteiger charge is -2.26. The highest BCUT2D eigenvalue weighted by Gasteiger charge is 2.23. The van der Waals surface area contributed by atoms with E-state index in [2.05, 4.69) is 45.0 Å². The normalized spacial score (nSPS) is 19.8. The van der Waals surface area contributed by atoms with Gasteiger partial charge >= 0.3 is 0 Å². The molecule has 118 valence electrons. The topological polar surface area (TPSA) is 0 Å². The molecule has 1 saturated carbocycles. The van der Waals surface area contributed by atoms with Gasteiger partial charge in [0.05, 0.1) is 5.38 Å². The van der Waals surface area contributed by atoms with E-state index in [0.29, 0.717) is 5.92 Å². The molecule has 21 heavy (non-hydrogen) atoms. The second kappa shape index (κ2) is 7.68. The highest BCUT2D eigenvalue weighted by molar-refractivity contribution is 6.21. The van der Waals surface area contributed by atoms with Crippen molar-refractivity contribution in [2.45, 2.75) is 82.9 Å². The molecule has 0 aliphatic heterocycles. The minimum absolute atomic E-state index is 0.196. The Morgan fingerprint density at radius 1 is 1.00 bits per heavy atom. The fourth-order valence-corrected chi connectivity index (χ4v) is 3.77. The van der Waals surface area contributed by atoms with E-state index >= 15 is 0 Å². The van der Waals surface area contributed by atoms with Crippen LogP contribution in [-0.2, 0) is 5.41 Å². The molecule has 0 amide bonds. The third kappa shape index (κ3) is 4.49. The van der Waals surface area contributed by atoms with Crippen LogP contribution in [0.15, 0.2) is 24.3 Å². The van der Waals surface area contributed by atoms with Gasteiger partial charge in [-0.1, -0.05) is 77.1 Å². The summed E-state index contributed by atoms with van der Waals surface area (Å²) in [5.74, 6) is 0.664. The first-order chi connectivity index (χ1) is 10.0. The van der Waals surface area contributed by atoms with Crippen molar-refractivity contribution in [1.82, 2.24) is 0 Å². The third-order valence-corrected chi connectivity index (χ3v) is 6.07. The number of rotatable bonds is 4. The lowest BCUT2D eigenvalue weighted by Crippen LogP contribution is -2.16. The molecule has 0 bridgehead atoms. The summed E-state index contributed by atoms with van der Waals surface area (Å²) in [4.78, 5) is 0. The van der Waals surface area contributed by atoms with E-state index in [1.54, 1.807) is 0 Å². The Bertz CT molecular complexity index is 410. The molecular weight excluding hydrogens is 276 g/mol. The molecular formula is C20H31Cl. The summed E-state index contributed by atoms with van der Waals surface area (Å²) in [6.07, 6.45) is 10.7. The van der Waals surface area contributed by atoms with Crippen molar-refractivity contribution in [3.8, 4) is 0 Å². The van der Waals surface area contributed by atoms with Crippen molar-refractivity contribution in [3.05, 3.63) is 35.4 Å². The summed E-state index contributed by atoms with van der Waals surface area (Å²) in [5, 5.41) is 0.196. The predicted molar refractivity (Wildman–Crippen MR) is 94.2 cm³/mol. The Morgan fingerprint density at radius 3 is 2.05 bits per heavy atom. The average molecular weight is 307 g/mol. The fraction of sp³-hybridized carbons (Fsp3) is 0.700. The minimum Gasteiger partial charge on any atom is -0.118 e. The van der Waals surface area contributed by atoms with Gasteiger partial charge in [0.25, 0.3) is 0 Å². The van der Waals surface area contributed by atoms with E-state index in [9.17, 15) is 0 Å². The van der Waals surface area contributed by atoms with Gasteiger partial charge in [-0.2, -0.15) is 0 Å². The van der Waals surface area contributed by atoms with Crippen LogP contribution in [0.25, 0.3) is 0 Å². The zero-order valence-electron chi connectivity index (χ0n) is 14.0. The number of benzene rings is 1. The van der Waals surface area contributed by atoms with Crippen molar-refractivity contribution < 1.29 is 0 Å². The van der Waals surface area contributed by atoms with Crippen molar-refractivity contribution in [2.75, 3.05) is 0 Å². The number of hydrogen-bond donors (Lipinski definition) is 0. The Labute approximate surface area is 136 Å². The van der Waals surface area contributed by atoms with Crippen LogP contribution >= 0.6 is 11.6 Å². The zero-order chi connectivity index (χ0) is 15.3. The summed E-state index contributed by atoms with van der Waals surface area (Å²) >= 11 is 6.81. The lowest BCUT2D eigenvalue weighted by molar-refractivity contribution is 0.368. The van der Waals surface area contributed by atoms with Crippen LogP contribution in [0, 0.1) is 5.92 Å².